The molecule has 0 fully saturated rings. The third-order valence-corrected chi connectivity index (χ3v) is 4.02. The Labute approximate surface area is 158 Å². The van der Waals surface area contributed by atoms with Crippen molar-refractivity contribution >= 4 is 17.5 Å². The number of nitrogens with one attached hydrogen (secondary N) is 2. The zero-order valence-electron chi connectivity index (χ0n) is 15.2. The van der Waals surface area contributed by atoms with E-state index in [1.54, 1.807) is 19.2 Å². The molecule has 0 aliphatic rings. The van der Waals surface area contributed by atoms with E-state index in [1.165, 1.54) is 5.56 Å². The number of nitrogens with zero attached hydrogens (tertiary/aromatic N) is 2. The van der Waals surface area contributed by atoms with Gasteiger partial charge in [0.2, 0.25) is 5.91 Å². The summed E-state index contributed by atoms with van der Waals surface area (Å²) in [4.78, 5) is 12.1. The SMILES string of the molecule is COc1ccc(CC(=O)Nc2ccc(NCCc3ccccc3)nn2)cc1. The van der Waals surface area contributed by atoms with Crippen LogP contribution in [0.25, 0.3) is 0 Å². The number of aromatic nitrogens is 2. The summed E-state index contributed by atoms with van der Waals surface area (Å²) in [5.41, 5.74) is 2.17. The highest BCUT2D eigenvalue weighted by Gasteiger charge is 2.06. The minimum Gasteiger partial charge on any atom is -0.497 e. The maximum Gasteiger partial charge on any atom is 0.229 e. The van der Waals surface area contributed by atoms with Crippen molar-refractivity contribution in [1.82, 2.24) is 10.2 Å². The molecule has 1 heterocycles. The van der Waals surface area contributed by atoms with Crippen LogP contribution in [0.3, 0.4) is 0 Å². The molecule has 0 spiro atoms. The number of carbonyl (C=O) groups excluding carboxylic acids is 1. The first-order valence-electron chi connectivity index (χ1n) is 8.77. The molecule has 0 atom stereocenters. The first-order valence-corrected chi connectivity index (χ1v) is 8.77. The van der Waals surface area contributed by atoms with Gasteiger partial charge in [0.1, 0.15) is 11.6 Å². The van der Waals surface area contributed by atoms with E-state index in [0.29, 0.717) is 11.6 Å². The van der Waals surface area contributed by atoms with Crippen LogP contribution in [-0.4, -0.2) is 29.8 Å². The molecule has 0 aliphatic carbocycles. The molecular weight excluding hydrogens is 340 g/mol. The number of anilines is 2. The molecular formula is C21H22N4O2. The Morgan fingerprint density at radius 3 is 2.26 bits per heavy atom. The van der Waals surface area contributed by atoms with Crippen molar-refractivity contribution in [3.63, 3.8) is 0 Å². The van der Waals surface area contributed by atoms with E-state index in [4.69, 9.17) is 4.74 Å². The maximum atomic E-state index is 12.1. The standard InChI is InChI=1S/C21H22N4O2/c1-27-18-9-7-17(8-10-18)15-21(26)23-20-12-11-19(24-25-20)22-14-13-16-5-3-2-4-6-16/h2-12H,13-15H2,1H3,(H,22,24)(H,23,25,26). The van der Waals surface area contributed by atoms with Gasteiger partial charge >= 0.3 is 0 Å². The monoisotopic (exact) mass is 362 g/mol. The van der Waals surface area contributed by atoms with E-state index in [9.17, 15) is 4.79 Å². The minimum absolute atomic E-state index is 0.140. The highest BCUT2D eigenvalue weighted by Crippen LogP contribution is 2.12. The number of hydrogen-bond donors (Lipinski definition) is 2. The van der Waals surface area contributed by atoms with Gasteiger partial charge in [-0.25, -0.2) is 0 Å². The lowest BCUT2D eigenvalue weighted by Crippen LogP contribution is -2.16. The lowest BCUT2D eigenvalue weighted by atomic mass is 10.1. The number of amides is 1. The number of rotatable bonds is 8. The van der Waals surface area contributed by atoms with Crippen molar-refractivity contribution in [1.29, 1.82) is 0 Å². The highest BCUT2D eigenvalue weighted by molar-refractivity contribution is 5.91. The second-order valence-corrected chi connectivity index (χ2v) is 6.04. The third-order valence-electron chi connectivity index (χ3n) is 4.02. The molecule has 0 unspecified atom stereocenters. The number of methoxy groups -OCH3 is 1. The predicted molar refractivity (Wildman–Crippen MR) is 106 cm³/mol. The van der Waals surface area contributed by atoms with Crippen LogP contribution in [0, 0.1) is 0 Å². The van der Waals surface area contributed by atoms with Crippen LogP contribution in [0.15, 0.2) is 66.7 Å². The quantitative estimate of drug-likeness (QED) is 0.643. The smallest absolute Gasteiger partial charge is 0.229 e. The number of benzene rings is 2. The largest absolute Gasteiger partial charge is 0.497 e. The Kier molecular flexibility index (Phi) is 6.35. The number of ether oxygens (including phenoxy) is 1. The van der Waals surface area contributed by atoms with Crippen LogP contribution in [0.4, 0.5) is 11.6 Å². The minimum atomic E-state index is -0.140. The van der Waals surface area contributed by atoms with Crippen LogP contribution in [0.2, 0.25) is 0 Å². The summed E-state index contributed by atoms with van der Waals surface area (Å²) >= 11 is 0. The lowest BCUT2D eigenvalue weighted by Gasteiger charge is -2.07. The highest BCUT2D eigenvalue weighted by atomic mass is 16.5. The topological polar surface area (TPSA) is 76.1 Å². The Morgan fingerprint density at radius 1 is 0.889 bits per heavy atom. The molecule has 2 N–H and O–H groups in total. The Morgan fingerprint density at radius 2 is 1.59 bits per heavy atom. The average Bonchev–Trinajstić information content (AvgIpc) is 2.71. The van der Waals surface area contributed by atoms with E-state index in [-0.39, 0.29) is 12.3 Å². The van der Waals surface area contributed by atoms with Gasteiger partial charge in [-0.15, -0.1) is 10.2 Å². The van der Waals surface area contributed by atoms with E-state index < -0.39 is 0 Å². The van der Waals surface area contributed by atoms with Gasteiger partial charge in [-0.05, 0) is 41.8 Å². The zero-order valence-corrected chi connectivity index (χ0v) is 15.2. The normalized spacial score (nSPS) is 10.3. The Hall–Kier alpha value is -3.41. The van der Waals surface area contributed by atoms with Crippen LogP contribution >= 0.6 is 0 Å². The summed E-state index contributed by atoms with van der Waals surface area (Å²) in [6.45, 7) is 0.766. The van der Waals surface area contributed by atoms with E-state index in [1.807, 2.05) is 42.5 Å². The van der Waals surface area contributed by atoms with Gasteiger partial charge in [0.25, 0.3) is 0 Å². The van der Waals surface area contributed by atoms with Crippen LogP contribution < -0.4 is 15.4 Å². The summed E-state index contributed by atoms with van der Waals surface area (Å²) in [6, 6.07) is 21.2. The first-order chi connectivity index (χ1) is 13.2. The summed E-state index contributed by atoms with van der Waals surface area (Å²) in [5, 5.41) is 14.1. The van der Waals surface area contributed by atoms with Gasteiger partial charge in [-0.3, -0.25) is 4.79 Å². The summed E-state index contributed by atoms with van der Waals surface area (Å²) in [7, 11) is 1.61. The van der Waals surface area contributed by atoms with Gasteiger partial charge in [-0.2, -0.15) is 0 Å². The molecule has 3 rings (SSSR count). The zero-order chi connectivity index (χ0) is 18.9. The van der Waals surface area contributed by atoms with E-state index in [0.717, 1.165) is 24.3 Å². The first kappa shape index (κ1) is 18.4. The summed E-state index contributed by atoms with van der Waals surface area (Å²) < 4.78 is 5.11. The average molecular weight is 362 g/mol. The van der Waals surface area contributed by atoms with Crippen molar-refractivity contribution in [2.45, 2.75) is 12.8 Å². The van der Waals surface area contributed by atoms with Crippen LogP contribution in [0.5, 0.6) is 5.75 Å². The molecule has 6 nitrogen and oxygen atoms in total. The number of hydrogen-bond acceptors (Lipinski definition) is 5. The molecule has 0 radical (unpaired) electrons. The molecule has 27 heavy (non-hydrogen) atoms. The molecule has 1 aromatic heterocycles. The van der Waals surface area contributed by atoms with Crippen molar-refractivity contribution < 1.29 is 9.53 Å². The van der Waals surface area contributed by atoms with Gasteiger partial charge in [0, 0.05) is 6.54 Å². The van der Waals surface area contributed by atoms with Crippen molar-refractivity contribution in [3.05, 3.63) is 77.9 Å². The molecule has 2 aromatic carbocycles. The van der Waals surface area contributed by atoms with Gasteiger partial charge in [-0.1, -0.05) is 42.5 Å². The fraction of sp³-hybridized carbons (Fsp3) is 0.190. The molecule has 0 bridgehead atoms. The maximum absolute atomic E-state index is 12.1. The molecule has 0 saturated carbocycles. The van der Waals surface area contributed by atoms with E-state index in [2.05, 4.69) is 33.0 Å². The van der Waals surface area contributed by atoms with Gasteiger partial charge in [0.05, 0.1) is 13.5 Å². The van der Waals surface area contributed by atoms with Crippen LogP contribution in [-0.2, 0) is 17.6 Å². The summed E-state index contributed by atoms with van der Waals surface area (Å²) in [5.74, 6) is 1.74. The van der Waals surface area contributed by atoms with E-state index >= 15 is 0 Å². The Bertz CT molecular complexity index is 850. The molecule has 1 amide bonds. The Balaban J connectivity index is 1.45. The second kappa shape index (κ2) is 9.33. The number of carbonyl (C=O) groups is 1. The molecule has 138 valence electrons. The van der Waals surface area contributed by atoms with Crippen molar-refractivity contribution in [2.75, 3.05) is 24.3 Å². The molecule has 0 saturated heterocycles. The fourth-order valence-corrected chi connectivity index (χ4v) is 2.59. The molecule has 0 aliphatic heterocycles. The second-order valence-electron chi connectivity index (χ2n) is 6.04. The van der Waals surface area contributed by atoms with Crippen molar-refractivity contribution in [2.24, 2.45) is 0 Å². The lowest BCUT2D eigenvalue weighted by molar-refractivity contribution is -0.115. The predicted octanol–water partition coefficient (Wildman–Crippen LogP) is 3.32. The molecule has 3 aromatic rings. The summed E-state index contributed by atoms with van der Waals surface area (Å²) in [6.07, 6.45) is 1.17. The molecule has 6 heteroatoms. The van der Waals surface area contributed by atoms with Crippen molar-refractivity contribution in [3.8, 4) is 5.75 Å². The third kappa shape index (κ3) is 5.81. The van der Waals surface area contributed by atoms with Crippen LogP contribution in [0.1, 0.15) is 11.1 Å². The van der Waals surface area contributed by atoms with Gasteiger partial charge < -0.3 is 15.4 Å². The fourth-order valence-electron chi connectivity index (χ4n) is 2.59. The van der Waals surface area contributed by atoms with Gasteiger partial charge in [0.15, 0.2) is 5.82 Å².